The second-order valence-corrected chi connectivity index (χ2v) is 4.56. The van der Waals surface area contributed by atoms with Gasteiger partial charge in [-0.2, -0.15) is 8.42 Å². The van der Waals surface area contributed by atoms with Gasteiger partial charge in [-0.25, -0.2) is 0 Å². The van der Waals surface area contributed by atoms with E-state index in [0.29, 0.717) is 5.56 Å². The van der Waals surface area contributed by atoms with Gasteiger partial charge in [0.15, 0.2) is 0 Å². The molecule has 0 aromatic heterocycles. The summed E-state index contributed by atoms with van der Waals surface area (Å²) in [6.45, 7) is 0. The predicted molar refractivity (Wildman–Crippen MR) is 54.3 cm³/mol. The Bertz CT molecular complexity index is 409. The standard InChI is InChI=1S/C9H12O5S/c1-14-9(6-15(11,12)13)7-2-4-8(10)5-3-7/h2-5,9-10H,6H2,1H3,(H,11,12,13). The molecule has 0 fully saturated rings. The number of ether oxygens (including phenoxy) is 1. The first-order valence-corrected chi connectivity index (χ1v) is 5.80. The van der Waals surface area contributed by atoms with Gasteiger partial charge in [-0.15, -0.1) is 0 Å². The molecule has 0 aliphatic heterocycles. The Kier molecular flexibility index (Phi) is 3.67. The van der Waals surface area contributed by atoms with Gasteiger partial charge in [-0.05, 0) is 17.7 Å². The Labute approximate surface area is 88.1 Å². The quantitative estimate of drug-likeness (QED) is 0.755. The Morgan fingerprint density at radius 3 is 2.27 bits per heavy atom. The Balaban J connectivity index is 2.88. The van der Waals surface area contributed by atoms with Crippen LogP contribution in [-0.4, -0.2) is 30.9 Å². The Hall–Kier alpha value is -1.11. The number of phenolic OH excluding ortho intramolecular Hbond substituents is 1. The molecule has 1 unspecified atom stereocenters. The molecule has 0 bridgehead atoms. The van der Waals surface area contributed by atoms with E-state index in [9.17, 15) is 8.42 Å². The topological polar surface area (TPSA) is 83.8 Å². The largest absolute Gasteiger partial charge is 0.508 e. The van der Waals surface area contributed by atoms with Crippen LogP contribution in [0, 0.1) is 0 Å². The van der Waals surface area contributed by atoms with Gasteiger partial charge in [0.2, 0.25) is 0 Å². The maximum Gasteiger partial charge on any atom is 0.267 e. The molecular formula is C9H12O5S. The summed E-state index contributed by atoms with van der Waals surface area (Å²) < 4.78 is 34.9. The highest BCUT2D eigenvalue weighted by molar-refractivity contribution is 7.85. The van der Waals surface area contributed by atoms with Crippen molar-refractivity contribution < 1.29 is 22.8 Å². The van der Waals surface area contributed by atoms with Crippen LogP contribution in [0.15, 0.2) is 24.3 Å². The van der Waals surface area contributed by atoms with Gasteiger partial charge in [-0.3, -0.25) is 4.55 Å². The maximum absolute atomic E-state index is 10.7. The number of rotatable bonds is 4. The first-order valence-electron chi connectivity index (χ1n) is 4.19. The molecule has 0 saturated heterocycles. The van der Waals surface area contributed by atoms with E-state index in [0.717, 1.165) is 0 Å². The molecule has 0 saturated carbocycles. The molecule has 2 N–H and O–H groups in total. The third-order valence-electron chi connectivity index (χ3n) is 1.91. The molecule has 1 aromatic rings. The zero-order valence-electron chi connectivity index (χ0n) is 8.12. The highest BCUT2D eigenvalue weighted by atomic mass is 32.2. The van der Waals surface area contributed by atoms with E-state index >= 15 is 0 Å². The average Bonchev–Trinajstić information content (AvgIpc) is 2.14. The van der Waals surface area contributed by atoms with Crippen molar-refractivity contribution in [2.45, 2.75) is 6.10 Å². The number of aromatic hydroxyl groups is 1. The van der Waals surface area contributed by atoms with Crippen LogP contribution < -0.4 is 0 Å². The van der Waals surface area contributed by atoms with Gasteiger partial charge < -0.3 is 9.84 Å². The monoisotopic (exact) mass is 232 g/mol. The maximum atomic E-state index is 10.7. The lowest BCUT2D eigenvalue weighted by Crippen LogP contribution is -2.15. The van der Waals surface area contributed by atoms with Crippen LogP contribution in [0.3, 0.4) is 0 Å². The van der Waals surface area contributed by atoms with Gasteiger partial charge in [-0.1, -0.05) is 12.1 Å². The summed E-state index contributed by atoms with van der Waals surface area (Å²) in [5.74, 6) is -0.422. The van der Waals surface area contributed by atoms with Crippen molar-refractivity contribution in [3.05, 3.63) is 29.8 Å². The lowest BCUT2D eigenvalue weighted by molar-refractivity contribution is 0.120. The van der Waals surface area contributed by atoms with Crippen LogP contribution in [-0.2, 0) is 14.9 Å². The van der Waals surface area contributed by atoms with Crippen molar-refractivity contribution in [1.29, 1.82) is 0 Å². The predicted octanol–water partition coefficient (Wildman–Crippen LogP) is 0.968. The molecule has 6 heteroatoms. The summed E-state index contributed by atoms with van der Waals surface area (Å²) in [4.78, 5) is 0. The fraction of sp³-hybridized carbons (Fsp3) is 0.333. The van der Waals surface area contributed by atoms with Crippen molar-refractivity contribution >= 4 is 10.1 Å². The van der Waals surface area contributed by atoms with E-state index in [1.165, 1.54) is 31.4 Å². The summed E-state index contributed by atoms with van der Waals surface area (Å²) in [7, 11) is -2.73. The SMILES string of the molecule is COC(CS(=O)(=O)O)c1ccc(O)cc1. The molecule has 0 aliphatic rings. The number of benzene rings is 1. The molecule has 84 valence electrons. The molecule has 0 amide bonds. The minimum atomic E-state index is -4.08. The fourth-order valence-corrected chi connectivity index (χ4v) is 1.89. The number of hydrogen-bond donors (Lipinski definition) is 2. The number of methoxy groups -OCH3 is 1. The number of phenols is 1. The van der Waals surface area contributed by atoms with Crippen molar-refractivity contribution in [2.24, 2.45) is 0 Å². The molecule has 0 radical (unpaired) electrons. The normalized spacial score (nSPS) is 13.7. The molecule has 0 aliphatic carbocycles. The van der Waals surface area contributed by atoms with E-state index in [1.807, 2.05) is 0 Å². The average molecular weight is 232 g/mol. The first-order chi connectivity index (χ1) is 6.92. The zero-order valence-corrected chi connectivity index (χ0v) is 8.94. The molecule has 1 atom stereocenters. The summed E-state index contributed by atoms with van der Waals surface area (Å²) in [5, 5.41) is 9.04. The van der Waals surface area contributed by atoms with Crippen LogP contribution >= 0.6 is 0 Å². The second-order valence-electron chi connectivity index (χ2n) is 3.06. The molecule has 15 heavy (non-hydrogen) atoms. The van der Waals surface area contributed by atoms with E-state index in [2.05, 4.69) is 0 Å². The molecule has 0 heterocycles. The Morgan fingerprint density at radius 1 is 1.33 bits per heavy atom. The Morgan fingerprint density at radius 2 is 1.87 bits per heavy atom. The van der Waals surface area contributed by atoms with Gasteiger partial charge in [0.1, 0.15) is 11.5 Å². The summed E-state index contributed by atoms with van der Waals surface area (Å²) >= 11 is 0. The van der Waals surface area contributed by atoms with Crippen molar-refractivity contribution in [3.63, 3.8) is 0 Å². The van der Waals surface area contributed by atoms with E-state index in [-0.39, 0.29) is 5.75 Å². The van der Waals surface area contributed by atoms with E-state index in [4.69, 9.17) is 14.4 Å². The third-order valence-corrected chi connectivity index (χ3v) is 2.64. The smallest absolute Gasteiger partial charge is 0.267 e. The molecule has 5 nitrogen and oxygen atoms in total. The van der Waals surface area contributed by atoms with Crippen LogP contribution in [0.1, 0.15) is 11.7 Å². The van der Waals surface area contributed by atoms with Crippen molar-refractivity contribution in [3.8, 4) is 5.75 Å². The van der Waals surface area contributed by atoms with E-state index < -0.39 is 22.0 Å². The highest BCUT2D eigenvalue weighted by Crippen LogP contribution is 2.20. The second kappa shape index (κ2) is 4.61. The lowest BCUT2D eigenvalue weighted by Gasteiger charge is -2.13. The molecule has 1 rings (SSSR count). The summed E-state index contributed by atoms with van der Waals surface area (Å²) in [6, 6.07) is 5.92. The van der Waals surface area contributed by atoms with Gasteiger partial charge in [0.25, 0.3) is 10.1 Å². The van der Waals surface area contributed by atoms with Crippen LogP contribution in [0.25, 0.3) is 0 Å². The fourth-order valence-electron chi connectivity index (χ4n) is 1.18. The van der Waals surface area contributed by atoms with Crippen molar-refractivity contribution in [1.82, 2.24) is 0 Å². The minimum Gasteiger partial charge on any atom is -0.508 e. The summed E-state index contributed by atoms with van der Waals surface area (Å²) in [5.41, 5.74) is 0.577. The highest BCUT2D eigenvalue weighted by Gasteiger charge is 2.18. The van der Waals surface area contributed by atoms with Gasteiger partial charge in [0.05, 0.1) is 6.10 Å². The van der Waals surface area contributed by atoms with Crippen molar-refractivity contribution in [2.75, 3.05) is 12.9 Å². The number of hydrogen-bond acceptors (Lipinski definition) is 4. The van der Waals surface area contributed by atoms with Gasteiger partial charge >= 0.3 is 0 Å². The third kappa shape index (κ3) is 3.86. The van der Waals surface area contributed by atoms with Crippen LogP contribution in [0.2, 0.25) is 0 Å². The molecule has 1 aromatic carbocycles. The summed E-state index contributed by atoms with van der Waals surface area (Å²) in [6.07, 6.45) is -0.736. The molecular weight excluding hydrogens is 220 g/mol. The van der Waals surface area contributed by atoms with Crippen LogP contribution in [0.4, 0.5) is 0 Å². The van der Waals surface area contributed by atoms with E-state index in [1.54, 1.807) is 0 Å². The first kappa shape index (κ1) is 12.0. The van der Waals surface area contributed by atoms with Gasteiger partial charge in [0, 0.05) is 7.11 Å². The zero-order chi connectivity index (χ0) is 11.5. The van der Waals surface area contributed by atoms with Crippen LogP contribution in [0.5, 0.6) is 5.75 Å². The minimum absolute atomic E-state index is 0.0838. The lowest BCUT2D eigenvalue weighted by atomic mass is 10.1. The molecule has 0 spiro atoms.